The molecule has 0 spiro atoms. The molecule has 1 aromatic heterocycles. The fourth-order valence-electron chi connectivity index (χ4n) is 5.58. The molecular weight excluding hydrogens is 328 g/mol. The first-order valence-electron chi connectivity index (χ1n) is 8.12. The van der Waals surface area contributed by atoms with Crippen LogP contribution in [0.3, 0.4) is 0 Å². The van der Waals surface area contributed by atoms with Crippen molar-refractivity contribution in [2.45, 2.75) is 38.1 Å². The highest BCUT2D eigenvalue weighted by atomic mass is 79.9. The molecule has 0 N–H and O–H groups in total. The highest BCUT2D eigenvalue weighted by Gasteiger charge is 2.50. The van der Waals surface area contributed by atoms with E-state index in [1.165, 1.54) is 32.1 Å². The van der Waals surface area contributed by atoms with E-state index in [1.54, 1.807) is 0 Å². The molecule has 3 nitrogen and oxygen atoms in total. The van der Waals surface area contributed by atoms with Gasteiger partial charge in [-0.25, -0.2) is 0 Å². The van der Waals surface area contributed by atoms with Crippen LogP contribution in [0.15, 0.2) is 16.7 Å². The first-order chi connectivity index (χ1) is 10.0. The quantitative estimate of drug-likeness (QED) is 0.798. The Hall–Kier alpha value is -0.770. The lowest BCUT2D eigenvalue weighted by molar-refractivity contribution is -0.0493. The van der Waals surface area contributed by atoms with E-state index in [2.05, 4.69) is 20.8 Å². The fourth-order valence-corrected chi connectivity index (χ4v) is 6.11. The van der Waals surface area contributed by atoms with Crippen molar-refractivity contribution < 1.29 is 4.79 Å². The number of rotatable bonds is 2. The number of nitrogens with zero attached hydrogens (tertiary/aromatic N) is 2. The second-order valence-corrected chi connectivity index (χ2v) is 8.41. The molecule has 0 saturated heterocycles. The van der Waals surface area contributed by atoms with E-state index in [0.29, 0.717) is 6.04 Å². The van der Waals surface area contributed by atoms with Gasteiger partial charge >= 0.3 is 0 Å². The second-order valence-electron chi connectivity index (χ2n) is 7.49. The molecule has 1 aromatic rings. The molecule has 0 aliphatic heterocycles. The van der Waals surface area contributed by atoms with Crippen molar-refractivity contribution in [3.8, 4) is 0 Å². The van der Waals surface area contributed by atoms with Crippen molar-refractivity contribution in [2.75, 3.05) is 7.05 Å². The number of aryl methyl sites for hydroxylation is 1. The van der Waals surface area contributed by atoms with E-state index in [1.807, 2.05) is 30.9 Å². The highest BCUT2D eigenvalue weighted by Crippen LogP contribution is 2.55. The van der Waals surface area contributed by atoms with E-state index in [-0.39, 0.29) is 5.91 Å². The van der Waals surface area contributed by atoms with Gasteiger partial charge in [-0.2, -0.15) is 0 Å². The van der Waals surface area contributed by atoms with Gasteiger partial charge in [-0.1, -0.05) is 0 Å². The van der Waals surface area contributed by atoms with Crippen LogP contribution in [-0.2, 0) is 7.05 Å². The Kier molecular flexibility index (Phi) is 3.21. The Morgan fingerprint density at radius 2 is 1.76 bits per heavy atom. The second kappa shape index (κ2) is 4.87. The van der Waals surface area contributed by atoms with Crippen LogP contribution in [0.4, 0.5) is 0 Å². The first kappa shape index (κ1) is 13.9. The van der Waals surface area contributed by atoms with Crippen LogP contribution in [-0.4, -0.2) is 28.5 Å². The standard InChI is InChI=1S/C17H23BrN2O/c1-19-9-14(18)8-15(19)17(21)20(2)16-12-4-10-3-11(6-12)7-13(16)5-10/h8-13,16H,3-7H2,1-2H3. The summed E-state index contributed by atoms with van der Waals surface area (Å²) < 4.78 is 2.91. The van der Waals surface area contributed by atoms with E-state index < -0.39 is 0 Å². The lowest BCUT2D eigenvalue weighted by Gasteiger charge is -2.56. The molecule has 0 radical (unpaired) electrons. The van der Waals surface area contributed by atoms with E-state index >= 15 is 0 Å². The minimum Gasteiger partial charge on any atom is -0.345 e. The van der Waals surface area contributed by atoms with Gasteiger partial charge in [0.15, 0.2) is 0 Å². The molecule has 4 saturated carbocycles. The average molecular weight is 351 g/mol. The zero-order chi connectivity index (χ0) is 14.7. The Morgan fingerprint density at radius 1 is 1.19 bits per heavy atom. The largest absolute Gasteiger partial charge is 0.345 e. The van der Waals surface area contributed by atoms with Gasteiger partial charge in [-0.05, 0) is 77.8 Å². The molecule has 5 rings (SSSR count). The SMILES string of the molecule is CN(C(=O)c1cc(Br)cn1C)C1C2CC3CC(C2)CC1C3. The van der Waals surface area contributed by atoms with Gasteiger partial charge in [-0.15, -0.1) is 0 Å². The lowest BCUT2D eigenvalue weighted by atomic mass is 9.54. The number of carbonyl (C=O) groups excluding carboxylic acids is 1. The topological polar surface area (TPSA) is 25.2 Å². The molecule has 0 atom stereocenters. The summed E-state index contributed by atoms with van der Waals surface area (Å²) in [6.45, 7) is 0. The van der Waals surface area contributed by atoms with Crippen LogP contribution in [0, 0.1) is 23.7 Å². The number of carbonyl (C=O) groups is 1. The summed E-state index contributed by atoms with van der Waals surface area (Å²) in [6.07, 6.45) is 8.83. The molecule has 1 heterocycles. The highest BCUT2D eigenvalue weighted by molar-refractivity contribution is 9.10. The lowest BCUT2D eigenvalue weighted by Crippen LogP contribution is -2.56. The number of halogens is 1. The van der Waals surface area contributed by atoms with Gasteiger partial charge < -0.3 is 9.47 Å². The molecule has 4 aliphatic carbocycles. The predicted molar refractivity (Wildman–Crippen MR) is 86.0 cm³/mol. The number of hydrogen-bond donors (Lipinski definition) is 0. The van der Waals surface area contributed by atoms with Crippen molar-refractivity contribution in [1.29, 1.82) is 0 Å². The molecular formula is C17H23BrN2O. The Bertz CT molecular complexity index is 551. The third-order valence-electron chi connectivity index (χ3n) is 6.14. The van der Waals surface area contributed by atoms with Crippen molar-refractivity contribution in [3.63, 3.8) is 0 Å². The smallest absolute Gasteiger partial charge is 0.270 e. The maximum absolute atomic E-state index is 12.9. The monoisotopic (exact) mass is 350 g/mol. The summed E-state index contributed by atoms with van der Waals surface area (Å²) >= 11 is 3.47. The molecule has 1 amide bonds. The summed E-state index contributed by atoms with van der Waals surface area (Å²) in [7, 11) is 3.97. The van der Waals surface area contributed by atoms with E-state index in [0.717, 1.165) is 33.8 Å². The maximum Gasteiger partial charge on any atom is 0.270 e. The van der Waals surface area contributed by atoms with Crippen LogP contribution in [0.2, 0.25) is 0 Å². The third-order valence-corrected chi connectivity index (χ3v) is 6.57. The molecule has 0 aromatic carbocycles. The predicted octanol–water partition coefficient (Wildman–Crippen LogP) is 3.68. The Labute approximate surface area is 134 Å². The van der Waals surface area contributed by atoms with Crippen molar-refractivity contribution in [1.82, 2.24) is 9.47 Å². The van der Waals surface area contributed by atoms with E-state index in [9.17, 15) is 4.79 Å². The van der Waals surface area contributed by atoms with Gasteiger partial charge in [0, 0.05) is 30.8 Å². The molecule has 21 heavy (non-hydrogen) atoms. The van der Waals surface area contributed by atoms with Crippen LogP contribution in [0.5, 0.6) is 0 Å². The minimum absolute atomic E-state index is 0.181. The Balaban J connectivity index is 1.58. The van der Waals surface area contributed by atoms with Crippen LogP contribution < -0.4 is 0 Å². The average Bonchev–Trinajstić information content (AvgIpc) is 2.75. The number of amides is 1. The third kappa shape index (κ3) is 2.18. The summed E-state index contributed by atoms with van der Waals surface area (Å²) in [5.41, 5.74) is 0.790. The summed E-state index contributed by atoms with van der Waals surface area (Å²) in [5.74, 6) is 3.59. The molecule has 114 valence electrons. The molecule has 4 fully saturated rings. The van der Waals surface area contributed by atoms with Gasteiger partial charge in [0.2, 0.25) is 0 Å². The van der Waals surface area contributed by atoms with E-state index in [4.69, 9.17) is 0 Å². The van der Waals surface area contributed by atoms with Crippen molar-refractivity contribution in [3.05, 3.63) is 22.4 Å². The number of aromatic nitrogens is 1. The van der Waals surface area contributed by atoms with Gasteiger partial charge in [0.1, 0.15) is 5.69 Å². The maximum atomic E-state index is 12.9. The van der Waals surface area contributed by atoms with Gasteiger partial charge in [0.05, 0.1) is 0 Å². The zero-order valence-corrected chi connectivity index (χ0v) is 14.3. The van der Waals surface area contributed by atoms with Gasteiger partial charge in [-0.3, -0.25) is 4.79 Å². The molecule has 0 unspecified atom stereocenters. The van der Waals surface area contributed by atoms with Crippen LogP contribution in [0.25, 0.3) is 0 Å². The summed E-state index contributed by atoms with van der Waals surface area (Å²) in [4.78, 5) is 15.0. The van der Waals surface area contributed by atoms with Crippen molar-refractivity contribution >= 4 is 21.8 Å². The Morgan fingerprint density at radius 3 is 2.24 bits per heavy atom. The summed E-state index contributed by atoms with van der Waals surface area (Å²) in [5, 5.41) is 0. The summed E-state index contributed by atoms with van der Waals surface area (Å²) in [6, 6.07) is 2.41. The van der Waals surface area contributed by atoms with Crippen LogP contribution in [0.1, 0.15) is 42.6 Å². The fraction of sp³-hybridized carbons (Fsp3) is 0.706. The minimum atomic E-state index is 0.181. The molecule has 4 bridgehead atoms. The zero-order valence-electron chi connectivity index (χ0n) is 12.8. The first-order valence-corrected chi connectivity index (χ1v) is 8.91. The molecule has 4 heteroatoms. The number of hydrogen-bond acceptors (Lipinski definition) is 1. The molecule has 4 aliphatic rings. The normalized spacial score (nSPS) is 37.0. The van der Waals surface area contributed by atoms with Crippen molar-refractivity contribution in [2.24, 2.45) is 30.7 Å². The van der Waals surface area contributed by atoms with Gasteiger partial charge in [0.25, 0.3) is 5.91 Å². The van der Waals surface area contributed by atoms with Crippen LogP contribution >= 0.6 is 15.9 Å².